The summed E-state index contributed by atoms with van der Waals surface area (Å²) in [5.74, 6) is -10.2. The number of carbonyl (C=O) groups is 10. The van der Waals surface area contributed by atoms with Crippen molar-refractivity contribution in [1.82, 2.24) is 42.1 Å². The molecule has 1 aromatic rings. The first-order valence-electron chi connectivity index (χ1n) is 22.6. The number of likely N-dealkylation sites (tertiary alicyclic amines) is 1. The van der Waals surface area contributed by atoms with Crippen LogP contribution in [0.4, 0.5) is 0 Å². The van der Waals surface area contributed by atoms with E-state index in [-0.39, 0.29) is 57.1 Å². The molecule has 1 aliphatic rings. The highest BCUT2D eigenvalue weighted by atomic mass is 16.4. The van der Waals surface area contributed by atoms with E-state index in [1.54, 1.807) is 71.9 Å². The smallest absolute Gasteiger partial charge is 0.326 e. The summed E-state index contributed by atoms with van der Waals surface area (Å²) in [6, 6.07) is -0.182. The highest BCUT2D eigenvalue weighted by Crippen LogP contribution is 2.21. The molecule has 0 saturated carbocycles. The molecule has 68 heavy (non-hydrogen) atoms. The Bertz CT molecular complexity index is 1960. The van der Waals surface area contributed by atoms with Gasteiger partial charge in [-0.25, -0.2) is 4.79 Å². The molecular weight excluding hydrogens is 889 g/mol. The molecular formula is C44H70N12O12. The molecule has 1 aromatic carbocycles. The highest BCUT2D eigenvalue weighted by Gasteiger charge is 2.40. The van der Waals surface area contributed by atoms with Gasteiger partial charge in [-0.2, -0.15) is 0 Å². The quantitative estimate of drug-likeness (QED) is 0.0229. The first-order chi connectivity index (χ1) is 31.9. The first kappa shape index (κ1) is 57.3. The number of carbonyl (C=O) groups excluding carboxylic acids is 8. The van der Waals surface area contributed by atoms with Gasteiger partial charge in [-0.15, -0.1) is 0 Å². The second-order valence-corrected chi connectivity index (χ2v) is 17.6. The van der Waals surface area contributed by atoms with E-state index in [4.69, 9.17) is 17.2 Å². The van der Waals surface area contributed by atoms with Gasteiger partial charge in [0.2, 0.25) is 47.3 Å². The molecule has 0 bridgehead atoms. The number of nitrogens with one attached hydrogen (secondary N) is 7. The molecule has 0 aliphatic carbocycles. The molecule has 1 heterocycles. The zero-order chi connectivity index (χ0) is 51.2. The lowest BCUT2D eigenvalue weighted by Gasteiger charge is -2.31. The molecule has 0 spiro atoms. The monoisotopic (exact) mass is 959 g/mol. The van der Waals surface area contributed by atoms with Gasteiger partial charge in [-0.1, -0.05) is 71.9 Å². The van der Waals surface area contributed by atoms with Gasteiger partial charge in [-0.3, -0.25) is 48.1 Å². The minimum Gasteiger partial charge on any atom is -0.481 e. The molecule has 1 aliphatic heterocycles. The fourth-order valence-corrected chi connectivity index (χ4v) is 7.26. The topological polar surface area (TPSA) is 389 Å². The number of aliphatic imine (C=N–C) groups is 1. The molecule has 1 fully saturated rings. The maximum absolute atomic E-state index is 13.9. The minimum atomic E-state index is -1.53. The third-order valence-electron chi connectivity index (χ3n) is 10.8. The number of carboxylic acid groups (broad SMARTS) is 2. The SMILES string of the molecule is CC(C)C[C@H](NC(=O)[C@@H](NC(=O)CNC(=O)[C@@H]1CCCN1C(=O)[C@@H](NC(=O)[C@H](CC(=O)O)NC(=O)CN)C(C)C)C(C)C)C(=O)N[C@@H](CCCN=C(N)N)C(=O)N[C@@H](Cc1ccccc1)C(=O)O. The Hall–Kier alpha value is -6.85. The molecule has 0 aromatic heterocycles. The minimum absolute atomic E-state index is 0.00203. The van der Waals surface area contributed by atoms with E-state index in [1.165, 1.54) is 4.90 Å². The number of rotatable bonds is 28. The lowest BCUT2D eigenvalue weighted by Crippen LogP contribution is -2.59. The largest absolute Gasteiger partial charge is 0.481 e. The highest BCUT2D eigenvalue weighted by molar-refractivity contribution is 5.98. The molecule has 15 N–H and O–H groups in total. The summed E-state index contributed by atoms with van der Waals surface area (Å²) in [6.45, 7) is 9.27. The third-order valence-corrected chi connectivity index (χ3v) is 10.8. The Morgan fingerprint density at radius 3 is 1.87 bits per heavy atom. The second kappa shape index (κ2) is 28.4. The maximum atomic E-state index is 13.9. The number of nitrogens with two attached hydrogens (primary N) is 3. The van der Waals surface area contributed by atoms with Crippen molar-refractivity contribution in [2.45, 2.75) is 129 Å². The van der Waals surface area contributed by atoms with Gasteiger partial charge in [0.15, 0.2) is 5.96 Å². The molecule has 378 valence electrons. The van der Waals surface area contributed by atoms with E-state index >= 15 is 0 Å². The lowest BCUT2D eigenvalue weighted by molar-refractivity contribution is -0.144. The third kappa shape index (κ3) is 19.5. The summed E-state index contributed by atoms with van der Waals surface area (Å²) in [6.07, 6.45) is 0.126. The summed E-state index contributed by atoms with van der Waals surface area (Å²) in [5.41, 5.74) is 16.8. The summed E-state index contributed by atoms with van der Waals surface area (Å²) < 4.78 is 0. The van der Waals surface area contributed by atoms with E-state index in [2.05, 4.69) is 42.2 Å². The van der Waals surface area contributed by atoms with E-state index < -0.39 is 133 Å². The van der Waals surface area contributed by atoms with Crippen LogP contribution < -0.4 is 54.4 Å². The normalized spacial score (nSPS) is 16.0. The van der Waals surface area contributed by atoms with Crippen molar-refractivity contribution in [1.29, 1.82) is 0 Å². The lowest BCUT2D eigenvalue weighted by atomic mass is 9.99. The fraction of sp³-hybridized carbons (Fsp3) is 0.614. The number of hydrogen-bond acceptors (Lipinski definition) is 12. The Morgan fingerprint density at radius 2 is 1.31 bits per heavy atom. The molecule has 1 saturated heterocycles. The van der Waals surface area contributed by atoms with Crippen LogP contribution in [0.3, 0.4) is 0 Å². The number of amides is 8. The number of hydrogen-bond donors (Lipinski definition) is 12. The van der Waals surface area contributed by atoms with E-state index in [9.17, 15) is 58.2 Å². The van der Waals surface area contributed by atoms with E-state index in [0.29, 0.717) is 12.0 Å². The van der Waals surface area contributed by atoms with Crippen molar-refractivity contribution in [3.8, 4) is 0 Å². The zero-order valence-corrected chi connectivity index (χ0v) is 39.5. The van der Waals surface area contributed by atoms with Crippen LogP contribution in [0, 0.1) is 17.8 Å². The predicted molar refractivity (Wildman–Crippen MR) is 247 cm³/mol. The van der Waals surface area contributed by atoms with Crippen LogP contribution in [-0.2, 0) is 54.4 Å². The molecule has 0 unspecified atom stereocenters. The van der Waals surface area contributed by atoms with Crippen LogP contribution in [0.25, 0.3) is 0 Å². The van der Waals surface area contributed by atoms with E-state index in [1.807, 2.05) is 0 Å². The summed E-state index contributed by atoms with van der Waals surface area (Å²) in [4.78, 5) is 136. The van der Waals surface area contributed by atoms with Crippen LogP contribution in [0.5, 0.6) is 0 Å². The van der Waals surface area contributed by atoms with Gasteiger partial charge in [0, 0.05) is 19.5 Å². The number of carboxylic acids is 2. The van der Waals surface area contributed by atoms with Crippen LogP contribution in [-0.4, -0.2) is 149 Å². The fourth-order valence-electron chi connectivity index (χ4n) is 7.26. The Balaban J connectivity index is 2.18. The maximum Gasteiger partial charge on any atom is 0.326 e. The molecule has 24 nitrogen and oxygen atoms in total. The Kier molecular flexibility index (Phi) is 23.9. The number of benzene rings is 1. The van der Waals surface area contributed by atoms with Crippen molar-refractivity contribution in [2.24, 2.45) is 39.9 Å². The van der Waals surface area contributed by atoms with Crippen LogP contribution >= 0.6 is 0 Å². The Labute approximate surface area is 395 Å². The first-order valence-corrected chi connectivity index (χ1v) is 22.6. The van der Waals surface area contributed by atoms with Crippen molar-refractivity contribution in [3.05, 3.63) is 35.9 Å². The van der Waals surface area contributed by atoms with E-state index in [0.717, 1.165) is 0 Å². The molecule has 24 heteroatoms. The molecule has 7 atom stereocenters. The Morgan fingerprint density at radius 1 is 0.721 bits per heavy atom. The number of aliphatic carboxylic acids is 2. The van der Waals surface area contributed by atoms with Crippen LogP contribution in [0.2, 0.25) is 0 Å². The molecule has 2 rings (SSSR count). The summed E-state index contributed by atoms with van der Waals surface area (Å²) >= 11 is 0. The van der Waals surface area contributed by atoms with Gasteiger partial charge in [-0.05, 0) is 55.4 Å². The zero-order valence-electron chi connectivity index (χ0n) is 39.5. The van der Waals surface area contributed by atoms with Gasteiger partial charge < -0.3 is 69.5 Å². The van der Waals surface area contributed by atoms with Crippen molar-refractivity contribution >= 4 is 65.2 Å². The average Bonchev–Trinajstić information content (AvgIpc) is 3.76. The van der Waals surface area contributed by atoms with Gasteiger partial charge in [0.1, 0.15) is 42.3 Å². The van der Waals surface area contributed by atoms with Crippen molar-refractivity contribution < 1.29 is 58.2 Å². The average molecular weight is 959 g/mol. The standard InChI is InChI=1S/C44H70N12O12/c1-23(2)18-28(38(62)51-27(14-10-16-48-44(46)47)37(61)53-30(43(67)68)19-26-12-8-7-9-13-26)52-41(65)35(24(3)4)54-33(58)22-49-40(64)31-15-11-17-56(31)42(66)36(25(5)6)55-39(63)29(20-34(59)60)50-32(57)21-45/h7-9,12-13,23-25,27-31,35-36H,10-11,14-22,45H2,1-6H3,(H,49,64)(H,50,57)(H,51,62)(H,52,65)(H,53,61)(H,54,58)(H,55,63)(H,59,60)(H,67,68)(H4,46,47,48)/t27-,28-,29-,30-,31-,35-,36-/m0/s1. The summed E-state index contributed by atoms with van der Waals surface area (Å²) in [5, 5.41) is 36.9. The van der Waals surface area contributed by atoms with Gasteiger partial charge in [0.05, 0.1) is 19.5 Å². The number of nitrogens with zero attached hydrogens (tertiary/aromatic N) is 2. The van der Waals surface area contributed by atoms with Crippen LogP contribution in [0.1, 0.15) is 85.6 Å². The van der Waals surface area contributed by atoms with Gasteiger partial charge in [0.25, 0.3) is 0 Å². The van der Waals surface area contributed by atoms with Crippen LogP contribution in [0.15, 0.2) is 35.3 Å². The van der Waals surface area contributed by atoms with Crippen molar-refractivity contribution in [2.75, 3.05) is 26.2 Å². The van der Waals surface area contributed by atoms with Crippen molar-refractivity contribution in [3.63, 3.8) is 0 Å². The second-order valence-electron chi connectivity index (χ2n) is 17.6. The summed E-state index contributed by atoms with van der Waals surface area (Å²) in [7, 11) is 0. The predicted octanol–water partition coefficient (Wildman–Crippen LogP) is -2.83. The molecule has 8 amide bonds. The molecule has 0 radical (unpaired) electrons. The van der Waals surface area contributed by atoms with Gasteiger partial charge >= 0.3 is 11.9 Å². The number of guanidine groups is 1.